The van der Waals surface area contributed by atoms with E-state index in [-0.39, 0.29) is 18.5 Å². The number of ether oxygens (including phenoxy) is 1. The molecule has 8 nitrogen and oxygen atoms in total. The van der Waals surface area contributed by atoms with E-state index in [1.54, 1.807) is 36.1 Å². The van der Waals surface area contributed by atoms with Gasteiger partial charge in [-0.1, -0.05) is 59.2 Å². The summed E-state index contributed by atoms with van der Waals surface area (Å²) in [5.41, 5.74) is 3.45. The molecule has 34 heavy (non-hydrogen) atoms. The number of fused-ring (bicyclic) bond motifs is 1. The van der Waals surface area contributed by atoms with Crippen LogP contribution in [0.4, 0.5) is 11.6 Å². The van der Waals surface area contributed by atoms with E-state index < -0.39 is 0 Å². The average molecular weight is 473 g/mol. The lowest BCUT2D eigenvalue weighted by molar-refractivity contribution is -0.114. The Balaban J connectivity index is 1.49. The third-order valence-corrected chi connectivity index (χ3v) is 5.80. The van der Waals surface area contributed by atoms with Gasteiger partial charge in [-0.2, -0.15) is 4.68 Å². The second-order valence-corrected chi connectivity index (χ2v) is 8.14. The zero-order valence-electron chi connectivity index (χ0n) is 18.3. The molecule has 1 aromatic heterocycles. The lowest BCUT2D eigenvalue weighted by atomic mass is 10.0. The predicted molar refractivity (Wildman–Crippen MR) is 131 cm³/mol. The van der Waals surface area contributed by atoms with Crippen molar-refractivity contribution >= 4 is 34.8 Å². The minimum Gasteiger partial charge on any atom is -0.497 e. The second-order valence-electron chi connectivity index (χ2n) is 7.70. The minimum absolute atomic E-state index is 0.0282. The van der Waals surface area contributed by atoms with Crippen molar-refractivity contribution in [3.63, 3.8) is 0 Å². The minimum atomic E-state index is -0.252. The molecule has 0 fully saturated rings. The number of carbonyl (C=O) groups is 1. The summed E-state index contributed by atoms with van der Waals surface area (Å²) < 4.78 is 6.89. The Morgan fingerprint density at radius 3 is 2.47 bits per heavy atom. The van der Waals surface area contributed by atoms with Crippen molar-refractivity contribution in [3.05, 3.63) is 101 Å². The highest BCUT2D eigenvalue weighted by atomic mass is 35.5. The van der Waals surface area contributed by atoms with Crippen LogP contribution in [0.2, 0.25) is 5.02 Å². The van der Waals surface area contributed by atoms with Gasteiger partial charge in [0.2, 0.25) is 5.91 Å². The zero-order chi connectivity index (χ0) is 23.5. The summed E-state index contributed by atoms with van der Waals surface area (Å²) in [5, 5.41) is 16.0. The van der Waals surface area contributed by atoms with E-state index >= 15 is 0 Å². The molecule has 4 aromatic rings. The van der Waals surface area contributed by atoms with Gasteiger partial charge in [0.05, 0.1) is 12.8 Å². The second kappa shape index (κ2) is 9.36. The zero-order valence-corrected chi connectivity index (χ0v) is 19.1. The molecule has 0 saturated heterocycles. The van der Waals surface area contributed by atoms with Gasteiger partial charge < -0.3 is 10.1 Å². The van der Waals surface area contributed by atoms with Gasteiger partial charge in [-0.05, 0) is 64.0 Å². The number of allylic oxidation sites excluding steroid dienone is 1. The monoisotopic (exact) mass is 472 g/mol. The first-order chi connectivity index (χ1) is 16.6. The van der Waals surface area contributed by atoms with Gasteiger partial charge >= 0.3 is 0 Å². The van der Waals surface area contributed by atoms with E-state index in [0.29, 0.717) is 16.7 Å². The molecule has 0 spiro atoms. The van der Waals surface area contributed by atoms with Gasteiger partial charge in [0.1, 0.15) is 18.3 Å². The lowest BCUT2D eigenvalue weighted by Gasteiger charge is -2.32. The van der Waals surface area contributed by atoms with Crippen molar-refractivity contribution in [3.8, 4) is 5.75 Å². The van der Waals surface area contributed by atoms with E-state index in [2.05, 4.69) is 26.9 Å². The van der Waals surface area contributed by atoms with Gasteiger partial charge in [-0.25, -0.2) is 0 Å². The number of carbonyl (C=O) groups excluding carboxylic acids is 1. The molecule has 1 N–H and O–H groups in total. The van der Waals surface area contributed by atoms with Crippen molar-refractivity contribution < 1.29 is 9.53 Å². The molecule has 5 rings (SSSR count). The molecule has 0 unspecified atom stereocenters. The molecule has 2 heterocycles. The molecule has 1 aliphatic rings. The number of amides is 1. The summed E-state index contributed by atoms with van der Waals surface area (Å²) in [6.45, 7) is 0.0282. The van der Waals surface area contributed by atoms with Crippen LogP contribution >= 0.6 is 11.6 Å². The number of rotatable bonds is 6. The Hall–Kier alpha value is -4.17. The molecule has 0 saturated carbocycles. The number of aromatic nitrogens is 4. The van der Waals surface area contributed by atoms with E-state index in [4.69, 9.17) is 16.3 Å². The predicted octanol–water partition coefficient (Wildman–Crippen LogP) is 4.42. The Kier molecular flexibility index (Phi) is 5.97. The van der Waals surface area contributed by atoms with Crippen molar-refractivity contribution in [2.45, 2.75) is 6.04 Å². The largest absolute Gasteiger partial charge is 0.497 e. The standard InChI is InChI=1S/C25H21ClN6O2/c1-34-21-13-11-20(12-14-21)27-24(33)16-31-22(17-5-3-2-4-6-17)15-23(32-25(31)28-29-30-32)18-7-9-19(26)10-8-18/h2-15,23H,16H2,1H3,(H,27,33)/t23-/m1/s1. The number of hydrogen-bond acceptors (Lipinski definition) is 6. The maximum absolute atomic E-state index is 13.0. The van der Waals surface area contributed by atoms with Crippen LogP contribution in [0.5, 0.6) is 5.75 Å². The highest BCUT2D eigenvalue weighted by Gasteiger charge is 2.31. The fraction of sp³-hybridized carbons (Fsp3) is 0.120. The molecule has 1 amide bonds. The van der Waals surface area contributed by atoms with E-state index in [9.17, 15) is 4.79 Å². The Morgan fingerprint density at radius 2 is 1.76 bits per heavy atom. The summed E-state index contributed by atoms with van der Waals surface area (Å²) in [6.07, 6.45) is 2.06. The summed E-state index contributed by atoms with van der Waals surface area (Å²) in [7, 11) is 1.60. The topological polar surface area (TPSA) is 85.2 Å². The van der Waals surface area contributed by atoms with Crippen molar-refractivity contribution in [1.29, 1.82) is 0 Å². The van der Waals surface area contributed by atoms with E-state index in [1.165, 1.54) is 0 Å². The number of tetrazole rings is 1. The molecule has 170 valence electrons. The van der Waals surface area contributed by atoms with Crippen LogP contribution in [-0.4, -0.2) is 39.8 Å². The van der Waals surface area contributed by atoms with Crippen LogP contribution in [0.15, 0.2) is 84.9 Å². The maximum Gasteiger partial charge on any atom is 0.251 e. The van der Waals surface area contributed by atoms with Gasteiger partial charge in [0.15, 0.2) is 0 Å². The van der Waals surface area contributed by atoms with Gasteiger partial charge in [-0.15, -0.1) is 0 Å². The first-order valence-electron chi connectivity index (χ1n) is 10.6. The van der Waals surface area contributed by atoms with Crippen molar-refractivity contribution in [2.24, 2.45) is 0 Å². The summed E-state index contributed by atoms with van der Waals surface area (Å²) in [5.74, 6) is 0.994. The molecular weight excluding hydrogens is 452 g/mol. The van der Waals surface area contributed by atoms with Crippen LogP contribution in [0.3, 0.4) is 0 Å². The number of hydrogen-bond donors (Lipinski definition) is 1. The molecule has 9 heteroatoms. The van der Waals surface area contributed by atoms with Crippen LogP contribution < -0.4 is 15.0 Å². The summed E-state index contributed by atoms with van der Waals surface area (Å²) in [6, 6.07) is 24.4. The highest BCUT2D eigenvalue weighted by molar-refractivity contribution is 6.30. The lowest BCUT2D eigenvalue weighted by Crippen LogP contribution is -2.37. The molecule has 1 aliphatic heterocycles. The molecule has 0 aliphatic carbocycles. The normalized spacial score (nSPS) is 14.8. The van der Waals surface area contributed by atoms with Gasteiger partial charge in [-0.3, -0.25) is 9.69 Å². The smallest absolute Gasteiger partial charge is 0.251 e. The number of nitrogens with zero attached hydrogens (tertiary/aromatic N) is 5. The van der Waals surface area contributed by atoms with Crippen LogP contribution in [0.25, 0.3) is 5.70 Å². The summed E-state index contributed by atoms with van der Waals surface area (Å²) in [4.78, 5) is 14.8. The van der Waals surface area contributed by atoms with Crippen LogP contribution in [-0.2, 0) is 4.79 Å². The Bertz CT molecular complexity index is 1320. The fourth-order valence-corrected chi connectivity index (χ4v) is 4.02. The molecule has 1 atom stereocenters. The van der Waals surface area contributed by atoms with Crippen molar-refractivity contribution in [1.82, 2.24) is 20.2 Å². The number of nitrogens with one attached hydrogen (secondary N) is 1. The van der Waals surface area contributed by atoms with E-state index in [1.807, 2.05) is 59.5 Å². The average Bonchev–Trinajstić information content (AvgIpc) is 3.36. The number of methoxy groups -OCH3 is 1. The van der Waals surface area contributed by atoms with Gasteiger partial charge in [0, 0.05) is 10.7 Å². The van der Waals surface area contributed by atoms with Crippen molar-refractivity contribution in [2.75, 3.05) is 23.9 Å². The molecule has 0 radical (unpaired) electrons. The molecule has 0 bridgehead atoms. The maximum atomic E-state index is 13.0. The first-order valence-corrected chi connectivity index (χ1v) is 11.0. The molecule has 3 aromatic carbocycles. The van der Waals surface area contributed by atoms with Crippen LogP contribution in [0, 0.1) is 0 Å². The van der Waals surface area contributed by atoms with E-state index in [0.717, 1.165) is 22.6 Å². The first kappa shape index (κ1) is 21.7. The highest BCUT2D eigenvalue weighted by Crippen LogP contribution is 2.36. The third-order valence-electron chi connectivity index (χ3n) is 5.54. The third kappa shape index (κ3) is 4.35. The quantitative estimate of drug-likeness (QED) is 0.447. The number of halogens is 1. The number of benzene rings is 3. The number of anilines is 2. The fourth-order valence-electron chi connectivity index (χ4n) is 3.90. The molecular formula is C25H21ClN6O2. The Morgan fingerprint density at radius 1 is 1.03 bits per heavy atom. The summed E-state index contributed by atoms with van der Waals surface area (Å²) >= 11 is 6.10. The SMILES string of the molecule is COc1ccc(NC(=O)CN2C(c3ccccc3)=C[C@H](c3ccc(Cl)cc3)n3nnnc32)cc1. The van der Waals surface area contributed by atoms with Crippen LogP contribution in [0.1, 0.15) is 17.2 Å². The Labute approximate surface area is 201 Å². The van der Waals surface area contributed by atoms with Gasteiger partial charge in [0.25, 0.3) is 5.95 Å².